The van der Waals surface area contributed by atoms with Crippen LogP contribution in [0.2, 0.25) is 0 Å². The zero-order valence-electron chi connectivity index (χ0n) is 16.5. The van der Waals surface area contributed by atoms with Crippen molar-refractivity contribution in [2.45, 2.75) is 25.1 Å². The molecule has 5 nitrogen and oxygen atoms in total. The Hall–Kier alpha value is -3.35. The minimum atomic E-state index is -4.68. The maximum atomic E-state index is 13.4. The van der Waals surface area contributed by atoms with E-state index in [9.17, 15) is 32.0 Å². The first kappa shape index (κ1) is 22.3. The lowest BCUT2D eigenvalue weighted by Gasteiger charge is -2.40. The molecule has 2 aromatic carbocycles. The van der Waals surface area contributed by atoms with Crippen molar-refractivity contribution in [3.63, 3.8) is 0 Å². The predicted octanol–water partition coefficient (Wildman–Crippen LogP) is 4.41. The lowest BCUT2D eigenvalue weighted by atomic mass is 9.90. The van der Waals surface area contributed by atoms with Gasteiger partial charge in [-0.2, -0.15) is 18.4 Å². The molecule has 0 unspecified atom stereocenters. The number of benzene rings is 2. The quantitative estimate of drug-likeness (QED) is 0.646. The molecule has 10 heteroatoms. The Kier molecular flexibility index (Phi) is 6.06. The van der Waals surface area contributed by atoms with Crippen LogP contribution < -0.4 is 9.47 Å². The van der Waals surface area contributed by atoms with Crippen LogP contribution in [-0.2, 0) is 0 Å². The SMILES string of the molecule is COc1c(C#N)ccc(O[C@@H](C)C(F)(F)F)c1C(=O)N1CC(c2cc(F)cc(F)c2)C1. The topological polar surface area (TPSA) is 62.6 Å². The number of carbonyl (C=O) groups excluding carboxylic acids is 1. The Morgan fingerprint density at radius 1 is 1.19 bits per heavy atom. The van der Waals surface area contributed by atoms with Crippen molar-refractivity contribution in [1.82, 2.24) is 4.90 Å². The predicted molar refractivity (Wildman–Crippen MR) is 98.9 cm³/mol. The molecule has 0 radical (unpaired) electrons. The number of amides is 1. The summed E-state index contributed by atoms with van der Waals surface area (Å²) >= 11 is 0. The van der Waals surface area contributed by atoms with E-state index >= 15 is 0 Å². The molecule has 3 rings (SSSR count). The molecule has 1 fully saturated rings. The third kappa shape index (κ3) is 4.55. The van der Waals surface area contributed by atoms with Gasteiger partial charge < -0.3 is 14.4 Å². The summed E-state index contributed by atoms with van der Waals surface area (Å²) in [5.41, 5.74) is -0.00915. The van der Waals surface area contributed by atoms with Crippen LogP contribution in [0.1, 0.15) is 34.3 Å². The van der Waals surface area contributed by atoms with Crippen molar-refractivity contribution >= 4 is 5.91 Å². The van der Waals surface area contributed by atoms with Gasteiger partial charge in [0.25, 0.3) is 5.91 Å². The monoisotopic (exact) mass is 440 g/mol. The molecule has 1 amide bonds. The Balaban J connectivity index is 1.90. The number of nitriles is 1. The van der Waals surface area contributed by atoms with Crippen LogP contribution in [0.25, 0.3) is 0 Å². The van der Waals surface area contributed by atoms with Gasteiger partial charge in [-0.05, 0) is 36.8 Å². The maximum Gasteiger partial charge on any atom is 0.425 e. The fourth-order valence-corrected chi connectivity index (χ4v) is 3.25. The van der Waals surface area contributed by atoms with Gasteiger partial charge in [0.2, 0.25) is 0 Å². The summed E-state index contributed by atoms with van der Waals surface area (Å²) in [6, 6.07) is 7.17. The average Bonchev–Trinajstić information content (AvgIpc) is 2.64. The fourth-order valence-electron chi connectivity index (χ4n) is 3.25. The van der Waals surface area contributed by atoms with Crippen molar-refractivity contribution in [3.8, 4) is 17.6 Å². The first-order chi connectivity index (χ1) is 14.5. The third-order valence-electron chi connectivity index (χ3n) is 4.95. The molecule has 0 N–H and O–H groups in total. The van der Waals surface area contributed by atoms with Crippen LogP contribution in [0.15, 0.2) is 30.3 Å². The number of nitrogens with zero attached hydrogens (tertiary/aromatic N) is 2. The molecular formula is C21H17F5N2O3. The van der Waals surface area contributed by atoms with Crippen LogP contribution in [0.5, 0.6) is 11.5 Å². The number of methoxy groups -OCH3 is 1. The Morgan fingerprint density at radius 3 is 2.32 bits per heavy atom. The number of ether oxygens (including phenoxy) is 2. The maximum absolute atomic E-state index is 13.4. The number of hydrogen-bond donors (Lipinski definition) is 0. The van der Waals surface area contributed by atoms with Gasteiger partial charge in [0.1, 0.15) is 29.0 Å². The number of alkyl halides is 3. The first-order valence-corrected chi connectivity index (χ1v) is 9.14. The molecule has 0 aliphatic carbocycles. The van der Waals surface area contributed by atoms with Crippen LogP contribution >= 0.6 is 0 Å². The summed E-state index contributed by atoms with van der Waals surface area (Å²) in [5, 5.41) is 9.26. The van der Waals surface area contributed by atoms with E-state index in [0.29, 0.717) is 5.56 Å². The highest BCUT2D eigenvalue weighted by Gasteiger charge is 2.40. The van der Waals surface area contributed by atoms with E-state index < -0.39 is 29.8 Å². The van der Waals surface area contributed by atoms with E-state index in [1.165, 1.54) is 18.1 Å². The minimum Gasteiger partial charge on any atom is -0.494 e. The molecule has 0 spiro atoms. The van der Waals surface area contributed by atoms with Crippen LogP contribution in [-0.4, -0.2) is 43.3 Å². The van der Waals surface area contributed by atoms with Crippen molar-refractivity contribution in [2.24, 2.45) is 0 Å². The largest absolute Gasteiger partial charge is 0.494 e. The molecule has 1 aliphatic rings. The van der Waals surface area contributed by atoms with E-state index in [4.69, 9.17) is 9.47 Å². The van der Waals surface area contributed by atoms with Crippen LogP contribution in [0, 0.1) is 23.0 Å². The summed E-state index contributed by atoms with van der Waals surface area (Å²) in [6.45, 7) is 0.947. The second-order valence-electron chi connectivity index (χ2n) is 7.04. The number of rotatable bonds is 5. The van der Waals surface area contributed by atoms with Crippen LogP contribution in [0.4, 0.5) is 22.0 Å². The Labute approximate surface area is 174 Å². The van der Waals surface area contributed by atoms with Gasteiger partial charge in [0.15, 0.2) is 11.9 Å². The van der Waals surface area contributed by atoms with Gasteiger partial charge in [-0.1, -0.05) is 0 Å². The number of hydrogen-bond acceptors (Lipinski definition) is 4. The van der Waals surface area contributed by atoms with Gasteiger partial charge in [0, 0.05) is 25.1 Å². The number of likely N-dealkylation sites (tertiary alicyclic amines) is 1. The molecule has 1 heterocycles. The van der Waals surface area contributed by atoms with Gasteiger partial charge >= 0.3 is 6.18 Å². The fraction of sp³-hybridized carbons (Fsp3) is 0.333. The van der Waals surface area contributed by atoms with Crippen molar-refractivity contribution in [3.05, 3.63) is 58.7 Å². The van der Waals surface area contributed by atoms with Crippen molar-refractivity contribution < 1.29 is 36.2 Å². The van der Waals surface area contributed by atoms with E-state index in [2.05, 4.69) is 0 Å². The summed E-state index contributed by atoms with van der Waals surface area (Å²) in [7, 11) is 1.18. The van der Waals surface area contributed by atoms with E-state index in [1.54, 1.807) is 0 Å². The molecule has 164 valence electrons. The molecule has 0 saturated carbocycles. The lowest BCUT2D eigenvalue weighted by Crippen LogP contribution is -2.48. The molecule has 0 aromatic heterocycles. The summed E-state index contributed by atoms with van der Waals surface area (Å²) in [5.74, 6) is -3.16. The van der Waals surface area contributed by atoms with E-state index in [1.807, 2.05) is 6.07 Å². The lowest BCUT2D eigenvalue weighted by molar-refractivity contribution is -0.189. The molecular weight excluding hydrogens is 423 g/mol. The molecule has 1 saturated heterocycles. The van der Waals surface area contributed by atoms with Gasteiger partial charge in [0.05, 0.1) is 12.7 Å². The molecule has 1 aliphatic heterocycles. The standard InChI is InChI=1S/C21H17F5N2O3/c1-11(21(24,25)26)31-17-4-3-12(8-27)19(30-2)18(17)20(29)28-9-14(10-28)13-5-15(22)7-16(23)6-13/h3-7,11,14H,9-10H2,1-2H3/t11-/m0/s1. The Morgan fingerprint density at radius 2 is 1.81 bits per heavy atom. The van der Waals surface area contributed by atoms with Crippen molar-refractivity contribution in [2.75, 3.05) is 20.2 Å². The molecule has 2 aromatic rings. The zero-order chi connectivity index (χ0) is 22.9. The summed E-state index contributed by atoms with van der Waals surface area (Å²) < 4.78 is 75.9. The second-order valence-corrected chi connectivity index (χ2v) is 7.04. The molecule has 0 bridgehead atoms. The van der Waals surface area contributed by atoms with E-state index in [0.717, 1.165) is 31.2 Å². The minimum absolute atomic E-state index is 0.0536. The summed E-state index contributed by atoms with van der Waals surface area (Å²) in [4.78, 5) is 14.3. The van der Waals surface area contributed by atoms with Gasteiger partial charge in [-0.3, -0.25) is 4.79 Å². The molecule has 1 atom stereocenters. The third-order valence-corrected chi connectivity index (χ3v) is 4.95. The normalized spacial score (nSPS) is 15.1. The smallest absolute Gasteiger partial charge is 0.425 e. The highest BCUT2D eigenvalue weighted by molar-refractivity contribution is 6.01. The Bertz CT molecular complexity index is 1020. The zero-order valence-corrected chi connectivity index (χ0v) is 16.5. The molecule has 31 heavy (non-hydrogen) atoms. The first-order valence-electron chi connectivity index (χ1n) is 9.14. The van der Waals surface area contributed by atoms with Gasteiger partial charge in [-0.25, -0.2) is 8.78 Å². The highest BCUT2D eigenvalue weighted by atomic mass is 19.4. The second kappa shape index (κ2) is 8.41. The van der Waals surface area contributed by atoms with Crippen molar-refractivity contribution in [1.29, 1.82) is 5.26 Å². The van der Waals surface area contributed by atoms with Crippen LogP contribution in [0.3, 0.4) is 0 Å². The van der Waals surface area contributed by atoms with E-state index in [-0.39, 0.29) is 41.6 Å². The average molecular weight is 440 g/mol. The highest BCUT2D eigenvalue weighted by Crippen LogP contribution is 2.38. The summed E-state index contributed by atoms with van der Waals surface area (Å²) in [6.07, 6.45) is -6.89. The number of halogens is 5. The number of carbonyl (C=O) groups is 1. The van der Waals surface area contributed by atoms with Gasteiger partial charge in [-0.15, -0.1) is 0 Å².